The largest absolute Gasteiger partial charge is 0.493 e. The van der Waals surface area contributed by atoms with Gasteiger partial charge in [0.1, 0.15) is 5.78 Å². The van der Waals surface area contributed by atoms with E-state index in [4.69, 9.17) is 0 Å². The van der Waals surface area contributed by atoms with Crippen LogP contribution in [0.3, 0.4) is 0 Å². The first kappa shape index (κ1) is 14.2. The fourth-order valence-electron chi connectivity index (χ4n) is 1.42. The molecule has 13 nitrogen and oxygen atoms in total. The number of carbonyl (C=O) groups excluding carboxylic acids is 1. The van der Waals surface area contributed by atoms with Crippen LogP contribution in [0, 0.1) is 20.2 Å². The van der Waals surface area contributed by atoms with Crippen molar-refractivity contribution in [1.29, 1.82) is 0 Å². The highest BCUT2D eigenvalue weighted by atomic mass is 16.6. The first-order valence-corrected chi connectivity index (χ1v) is 5.53. The number of aromatic nitrogens is 6. The topological polar surface area (TPSA) is 165 Å². The lowest BCUT2D eigenvalue weighted by Gasteiger charge is -1.95. The quantitative estimate of drug-likeness (QED) is 0.511. The summed E-state index contributed by atoms with van der Waals surface area (Å²) >= 11 is 0. The first-order chi connectivity index (χ1) is 9.88. The molecule has 2 heterocycles. The molecule has 0 aliphatic carbocycles. The minimum Gasteiger partial charge on any atom is -0.390 e. The van der Waals surface area contributed by atoms with Gasteiger partial charge in [0.2, 0.25) is 6.33 Å². The van der Waals surface area contributed by atoms with E-state index < -0.39 is 21.7 Å². The van der Waals surface area contributed by atoms with Crippen molar-refractivity contribution in [3.05, 3.63) is 26.6 Å². The van der Waals surface area contributed by atoms with Gasteiger partial charge in [0.25, 0.3) is 0 Å². The molecule has 0 fully saturated rings. The average molecular weight is 296 g/mol. The molecule has 0 atom stereocenters. The predicted octanol–water partition coefficient (Wildman–Crippen LogP) is -0.346. The maximum atomic E-state index is 11.0. The molecule has 2 aromatic rings. The summed E-state index contributed by atoms with van der Waals surface area (Å²) in [7, 11) is 0. The second-order valence-corrected chi connectivity index (χ2v) is 3.89. The van der Waals surface area contributed by atoms with Crippen LogP contribution in [0.1, 0.15) is 13.3 Å². The number of nitrogens with zero attached hydrogens (tertiary/aromatic N) is 8. The maximum Gasteiger partial charge on any atom is 0.493 e. The van der Waals surface area contributed by atoms with E-state index in [0.29, 0.717) is 0 Å². The normalized spacial score (nSPS) is 10.5. The molecule has 13 heteroatoms. The first-order valence-electron chi connectivity index (χ1n) is 5.53. The molecule has 0 aromatic carbocycles. The monoisotopic (exact) mass is 296 g/mol. The van der Waals surface area contributed by atoms with Gasteiger partial charge in [-0.15, -0.1) is 4.68 Å². The van der Waals surface area contributed by atoms with E-state index in [0.717, 1.165) is 15.7 Å². The van der Waals surface area contributed by atoms with Crippen LogP contribution in [0.5, 0.6) is 0 Å². The molecule has 2 rings (SSSR count). The molecule has 0 bridgehead atoms. The Kier molecular flexibility index (Phi) is 3.64. The number of aryl methyl sites for hydroxylation is 1. The lowest BCUT2D eigenvalue weighted by atomic mass is 10.3. The summed E-state index contributed by atoms with van der Waals surface area (Å²) < 4.78 is 1.95. The van der Waals surface area contributed by atoms with Gasteiger partial charge in [-0.25, -0.2) is 0 Å². The maximum absolute atomic E-state index is 11.0. The molecular formula is C8H8N8O5. The fraction of sp³-hybridized carbons (Fsp3) is 0.375. The van der Waals surface area contributed by atoms with Gasteiger partial charge < -0.3 is 20.2 Å². The lowest BCUT2D eigenvalue weighted by molar-refractivity contribution is -0.394. The van der Waals surface area contributed by atoms with Crippen LogP contribution >= 0.6 is 0 Å². The Labute approximate surface area is 115 Å². The number of hydrogen-bond donors (Lipinski definition) is 0. The van der Waals surface area contributed by atoms with Crippen molar-refractivity contribution < 1.29 is 14.6 Å². The highest BCUT2D eigenvalue weighted by Gasteiger charge is 2.27. The molecule has 0 spiro atoms. The van der Waals surface area contributed by atoms with Crippen molar-refractivity contribution in [2.24, 2.45) is 0 Å². The molecule has 110 valence electrons. The minimum absolute atomic E-state index is 0.0269. The number of nitro groups is 2. The van der Waals surface area contributed by atoms with E-state index in [1.807, 2.05) is 0 Å². The fourth-order valence-corrected chi connectivity index (χ4v) is 1.42. The SMILES string of the molecule is CC(=O)CCn1nc([N+](=O)[O-])nc1-n1cnc([N+](=O)[O-])n1. The Morgan fingerprint density at radius 3 is 2.43 bits per heavy atom. The van der Waals surface area contributed by atoms with Gasteiger partial charge in [-0.05, 0) is 21.8 Å². The van der Waals surface area contributed by atoms with Crippen LogP contribution in [0.25, 0.3) is 5.95 Å². The number of ketones is 1. The molecule has 2 aromatic heterocycles. The second kappa shape index (κ2) is 5.40. The molecular weight excluding hydrogens is 288 g/mol. The highest BCUT2D eigenvalue weighted by molar-refractivity contribution is 5.75. The number of carbonyl (C=O) groups is 1. The van der Waals surface area contributed by atoms with Crippen molar-refractivity contribution >= 4 is 17.7 Å². The van der Waals surface area contributed by atoms with Crippen LogP contribution in [0.4, 0.5) is 11.9 Å². The van der Waals surface area contributed by atoms with E-state index in [1.165, 1.54) is 6.92 Å². The van der Waals surface area contributed by atoms with Crippen LogP contribution < -0.4 is 0 Å². The second-order valence-electron chi connectivity index (χ2n) is 3.89. The van der Waals surface area contributed by atoms with Gasteiger partial charge in [0.05, 0.1) is 6.54 Å². The van der Waals surface area contributed by atoms with Gasteiger partial charge >= 0.3 is 17.8 Å². The minimum atomic E-state index is -0.820. The highest BCUT2D eigenvalue weighted by Crippen LogP contribution is 2.12. The summed E-state index contributed by atoms with van der Waals surface area (Å²) in [6.45, 7) is 1.38. The summed E-state index contributed by atoms with van der Waals surface area (Å²) in [6.07, 6.45) is 1.06. The van der Waals surface area contributed by atoms with E-state index in [1.54, 1.807) is 0 Å². The van der Waals surface area contributed by atoms with E-state index >= 15 is 0 Å². The van der Waals surface area contributed by atoms with Crippen LogP contribution in [0.2, 0.25) is 0 Å². The Balaban J connectivity index is 2.41. The van der Waals surface area contributed by atoms with Crippen molar-refractivity contribution in [3.63, 3.8) is 0 Å². The molecule has 0 saturated heterocycles. The standard InChI is InChI=1S/C8H8N8O5/c1-5(17)2-3-13-8(10-7(12-13)16(20)21)14-4-9-6(11-14)15(18)19/h4H,2-3H2,1H3. The summed E-state index contributed by atoms with van der Waals surface area (Å²) in [5.74, 6) is -1.67. The van der Waals surface area contributed by atoms with Crippen LogP contribution in [-0.4, -0.2) is 45.2 Å². The van der Waals surface area contributed by atoms with Crippen molar-refractivity contribution in [2.75, 3.05) is 0 Å². The van der Waals surface area contributed by atoms with Gasteiger partial charge in [-0.3, -0.25) is 4.79 Å². The van der Waals surface area contributed by atoms with E-state index in [2.05, 4.69) is 20.2 Å². The summed E-state index contributed by atoms with van der Waals surface area (Å²) in [5, 5.41) is 28.4. The predicted molar refractivity (Wildman–Crippen MR) is 63.5 cm³/mol. The number of hydrogen-bond acceptors (Lipinski definition) is 9. The molecule has 0 amide bonds. The van der Waals surface area contributed by atoms with Crippen molar-refractivity contribution in [2.45, 2.75) is 19.9 Å². The zero-order valence-corrected chi connectivity index (χ0v) is 10.6. The Morgan fingerprint density at radius 1 is 1.24 bits per heavy atom. The Morgan fingerprint density at radius 2 is 1.90 bits per heavy atom. The van der Waals surface area contributed by atoms with Gasteiger partial charge in [0.15, 0.2) is 0 Å². The third-order valence-corrected chi connectivity index (χ3v) is 2.33. The molecule has 0 radical (unpaired) electrons. The molecule has 0 aliphatic heterocycles. The molecule has 21 heavy (non-hydrogen) atoms. The summed E-state index contributed by atoms with van der Waals surface area (Å²) in [5.41, 5.74) is 0. The number of Topliss-reactive ketones (excluding diaryl/α,β-unsaturated/α-hetero) is 1. The van der Waals surface area contributed by atoms with E-state index in [9.17, 15) is 25.0 Å². The molecule has 0 aliphatic rings. The average Bonchev–Trinajstić information content (AvgIpc) is 3.02. The Bertz CT molecular complexity index is 718. The zero-order chi connectivity index (χ0) is 15.6. The summed E-state index contributed by atoms with van der Waals surface area (Å²) in [6, 6.07) is 0. The third-order valence-electron chi connectivity index (χ3n) is 2.33. The zero-order valence-electron chi connectivity index (χ0n) is 10.6. The smallest absolute Gasteiger partial charge is 0.390 e. The van der Waals surface area contributed by atoms with Gasteiger partial charge in [-0.2, -0.15) is 0 Å². The third kappa shape index (κ3) is 3.02. The Hall–Kier alpha value is -3.25. The molecule has 0 N–H and O–H groups in total. The lowest BCUT2D eigenvalue weighted by Crippen LogP contribution is -2.11. The molecule has 0 unspecified atom stereocenters. The van der Waals surface area contributed by atoms with E-state index in [-0.39, 0.29) is 24.7 Å². The van der Waals surface area contributed by atoms with Gasteiger partial charge in [0, 0.05) is 16.6 Å². The van der Waals surface area contributed by atoms with Crippen molar-refractivity contribution in [3.8, 4) is 5.95 Å². The summed E-state index contributed by atoms with van der Waals surface area (Å²) in [4.78, 5) is 37.6. The van der Waals surface area contributed by atoms with Gasteiger partial charge in [-0.1, -0.05) is 9.67 Å². The van der Waals surface area contributed by atoms with Crippen LogP contribution in [0.15, 0.2) is 6.33 Å². The molecule has 0 saturated carbocycles. The van der Waals surface area contributed by atoms with Crippen LogP contribution in [-0.2, 0) is 11.3 Å². The number of rotatable bonds is 6. The van der Waals surface area contributed by atoms with Crippen molar-refractivity contribution in [1.82, 2.24) is 29.5 Å².